The van der Waals surface area contributed by atoms with E-state index in [-0.39, 0.29) is 12.0 Å². The first kappa shape index (κ1) is 18.0. The van der Waals surface area contributed by atoms with Crippen molar-refractivity contribution in [3.8, 4) is 0 Å². The Balaban J connectivity index is 2.11. The number of nitrogens with one attached hydrogen (secondary N) is 2. The summed E-state index contributed by atoms with van der Waals surface area (Å²) in [6.45, 7) is 2.47. The van der Waals surface area contributed by atoms with E-state index in [1.807, 2.05) is 12.1 Å². The van der Waals surface area contributed by atoms with Gasteiger partial charge in [-0.2, -0.15) is 0 Å². The molecule has 1 heterocycles. The van der Waals surface area contributed by atoms with Gasteiger partial charge in [-0.25, -0.2) is 13.1 Å². The van der Waals surface area contributed by atoms with Crippen molar-refractivity contribution in [1.82, 2.24) is 10.0 Å². The number of ether oxygens (including phenoxy) is 1. The first-order chi connectivity index (χ1) is 10.4. The summed E-state index contributed by atoms with van der Waals surface area (Å²) in [4.78, 5) is 0. The molecule has 0 spiro atoms. The maximum absolute atomic E-state index is 11.2. The van der Waals surface area contributed by atoms with Crippen LogP contribution in [-0.4, -0.2) is 47.0 Å². The number of sulfonamides is 1. The summed E-state index contributed by atoms with van der Waals surface area (Å²) in [6, 6.07) is 5.56. The number of rotatable bonds is 5. The Morgan fingerprint density at radius 3 is 2.82 bits per heavy atom. The smallest absolute Gasteiger partial charge is 0.208 e. The predicted octanol–water partition coefficient (Wildman–Crippen LogP) is 2.00. The summed E-state index contributed by atoms with van der Waals surface area (Å²) in [6.07, 6.45) is 1.67. The van der Waals surface area contributed by atoms with Crippen molar-refractivity contribution in [2.75, 3.05) is 32.5 Å². The summed E-state index contributed by atoms with van der Waals surface area (Å²) in [5.74, 6) is 0.0960. The molecule has 0 aliphatic carbocycles. The second-order valence-electron chi connectivity index (χ2n) is 5.35. The van der Waals surface area contributed by atoms with Crippen LogP contribution < -0.4 is 10.0 Å². The highest BCUT2D eigenvalue weighted by atomic mass is 35.5. The highest BCUT2D eigenvalue weighted by Gasteiger charge is 2.26. The Morgan fingerprint density at radius 2 is 2.14 bits per heavy atom. The normalized spacial score (nSPS) is 23.2. The van der Waals surface area contributed by atoms with Gasteiger partial charge in [-0.1, -0.05) is 29.3 Å². The maximum atomic E-state index is 11.2. The van der Waals surface area contributed by atoms with E-state index in [2.05, 4.69) is 10.0 Å². The minimum absolute atomic E-state index is 0.0820. The molecule has 2 N–H and O–H groups in total. The van der Waals surface area contributed by atoms with Gasteiger partial charge in [0.15, 0.2) is 0 Å². The molecule has 0 radical (unpaired) electrons. The van der Waals surface area contributed by atoms with Gasteiger partial charge in [0, 0.05) is 25.6 Å². The maximum Gasteiger partial charge on any atom is 0.208 e. The fourth-order valence-electron chi connectivity index (χ4n) is 2.53. The molecule has 5 nitrogen and oxygen atoms in total. The molecule has 1 aromatic rings. The molecule has 22 heavy (non-hydrogen) atoms. The standard InChI is InChI=1S/C14H20Cl2N2O3S/c1-22(19,20)18-5-4-14-11(9-17-6-7-21-14)10-2-3-12(15)13(16)8-10/h2-3,8,11,14,17-18H,4-7,9H2,1H3. The predicted molar refractivity (Wildman–Crippen MR) is 89.3 cm³/mol. The molecule has 0 bridgehead atoms. The van der Waals surface area contributed by atoms with Gasteiger partial charge in [0.25, 0.3) is 0 Å². The van der Waals surface area contributed by atoms with Crippen molar-refractivity contribution < 1.29 is 13.2 Å². The van der Waals surface area contributed by atoms with Gasteiger partial charge in [-0.3, -0.25) is 0 Å². The van der Waals surface area contributed by atoms with Gasteiger partial charge < -0.3 is 10.1 Å². The van der Waals surface area contributed by atoms with Gasteiger partial charge in [-0.05, 0) is 24.1 Å². The summed E-state index contributed by atoms with van der Waals surface area (Å²) in [5.41, 5.74) is 1.04. The lowest BCUT2D eigenvalue weighted by molar-refractivity contribution is 0.0473. The zero-order valence-corrected chi connectivity index (χ0v) is 14.6. The van der Waals surface area contributed by atoms with E-state index in [1.54, 1.807) is 6.07 Å². The average molecular weight is 367 g/mol. The van der Waals surface area contributed by atoms with Crippen molar-refractivity contribution in [2.24, 2.45) is 0 Å². The lowest BCUT2D eigenvalue weighted by Crippen LogP contribution is -2.32. The van der Waals surface area contributed by atoms with E-state index >= 15 is 0 Å². The van der Waals surface area contributed by atoms with Crippen LogP contribution in [0.2, 0.25) is 10.0 Å². The molecular formula is C14H20Cl2N2O3S. The topological polar surface area (TPSA) is 67.4 Å². The summed E-state index contributed by atoms with van der Waals surface area (Å²) < 4.78 is 30.7. The molecule has 0 amide bonds. The van der Waals surface area contributed by atoms with Crippen LogP contribution in [0.4, 0.5) is 0 Å². The molecule has 8 heteroatoms. The van der Waals surface area contributed by atoms with Crippen LogP contribution in [0.15, 0.2) is 18.2 Å². The third kappa shape index (κ3) is 5.37. The third-order valence-corrected chi connectivity index (χ3v) is 5.06. The van der Waals surface area contributed by atoms with Crippen molar-refractivity contribution in [1.29, 1.82) is 0 Å². The molecule has 2 rings (SSSR count). The second kappa shape index (κ2) is 7.95. The largest absolute Gasteiger partial charge is 0.376 e. The van der Waals surface area contributed by atoms with Crippen LogP contribution in [0.5, 0.6) is 0 Å². The molecule has 0 aromatic heterocycles. The van der Waals surface area contributed by atoms with Crippen molar-refractivity contribution in [3.63, 3.8) is 0 Å². The van der Waals surface area contributed by atoms with Crippen LogP contribution in [0.25, 0.3) is 0 Å². The van der Waals surface area contributed by atoms with Crippen LogP contribution in [0, 0.1) is 0 Å². The molecule has 2 unspecified atom stereocenters. The number of hydrogen-bond donors (Lipinski definition) is 2. The van der Waals surface area contributed by atoms with Gasteiger partial charge in [0.1, 0.15) is 0 Å². The molecule has 1 aliphatic heterocycles. The minimum Gasteiger partial charge on any atom is -0.376 e. The number of benzene rings is 1. The Kier molecular flexibility index (Phi) is 6.49. The minimum atomic E-state index is -3.19. The molecule has 1 fully saturated rings. The Bertz CT molecular complexity index is 610. The fraction of sp³-hybridized carbons (Fsp3) is 0.571. The highest BCUT2D eigenvalue weighted by molar-refractivity contribution is 7.88. The summed E-state index contributed by atoms with van der Waals surface area (Å²) >= 11 is 12.1. The fourth-order valence-corrected chi connectivity index (χ4v) is 3.33. The van der Waals surface area contributed by atoms with Crippen molar-refractivity contribution in [3.05, 3.63) is 33.8 Å². The Hall–Kier alpha value is -0.370. The lowest BCUT2D eigenvalue weighted by atomic mass is 9.91. The van der Waals surface area contributed by atoms with E-state index in [0.717, 1.165) is 24.9 Å². The van der Waals surface area contributed by atoms with Crippen molar-refractivity contribution >= 4 is 33.2 Å². The van der Waals surface area contributed by atoms with Gasteiger partial charge in [-0.15, -0.1) is 0 Å². The molecule has 2 atom stereocenters. The zero-order chi connectivity index (χ0) is 16.2. The van der Waals surface area contributed by atoms with E-state index < -0.39 is 10.0 Å². The van der Waals surface area contributed by atoms with Gasteiger partial charge in [0.05, 0.1) is 29.0 Å². The van der Waals surface area contributed by atoms with Crippen LogP contribution in [0.3, 0.4) is 0 Å². The Labute approximate surface area is 141 Å². The van der Waals surface area contributed by atoms with Gasteiger partial charge >= 0.3 is 0 Å². The van der Waals surface area contributed by atoms with E-state index in [4.69, 9.17) is 27.9 Å². The van der Waals surface area contributed by atoms with Crippen molar-refractivity contribution in [2.45, 2.75) is 18.4 Å². The first-order valence-electron chi connectivity index (χ1n) is 7.09. The zero-order valence-electron chi connectivity index (χ0n) is 12.3. The Morgan fingerprint density at radius 1 is 1.36 bits per heavy atom. The molecule has 0 saturated carbocycles. The van der Waals surface area contributed by atoms with Crippen LogP contribution >= 0.6 is 23.2 Å². The lowest BCUT2D eigenvalue weighted by Gasteiger charge is -2.25. The van der Waals surface area contributed by atoms with Gasteiger partial charge in [0.2, 0.25) is 10.0 Å². The van der Waals surface area contributed by atoms with Crippen LogP contribution in [0.1, 0.15) is 17.9 Å². The third-order valence-electron chi connectivity index (χ3n) is 3.59. The first-order valence-corrected chi connectivity index (χ1v) is 9.73. The van der Waals surface area contributed by atoms with E-state index in [9.17, 15) is 8.42 Å². The molecule has 124 valence electrons. The number of halogens is 2. The monoisotopic (exact) mass is 366 g/mol. The quantitative estimate of drug-likeness (QED) is 0.836. The highest BCUT2D eigenvalue weighted by Crippen LogP contribution is 2.30. The molecule has 1 saturated heterocycles. The summed E-state index contributed by atoms with van der Waals surface area (Å²) in [7, 11) is -3.19. The number of hydrogen-bond acceptors (Lipinski definition) is 4. The molecule has 1 aliphatic rings. The molecule has 1 aromatic carbocycles. The summed E-state index contributed by atoms with van der Waals surface area (Å²) in [5, 5.41) is 4.35. The van der Waals surface area contributed by atoms with Crippen LogP contribution in [-0.2, 0) is 14.8 Å². The SMILES string of the molecule is CS(=O)(=O)NCCC1OCCNCC1c1ccc(Cl)c(Cl)c1. The van der Waals surface area contributed by atoms with E-state index in [1.165, 1.54) is 0 Å². The molecular weight excluding hydrogens is 347 g/mol. The average Bonchev–Trinajstić information content (AvgIpc) is 2.66. The second-order valence-corrected chi connectivity index (χ2v) is 8.00. The van der Waals surface area contributed by atoms with E-state index in [0.29, 0.717) is 29.6 Å².